The molecule has 2 aromatic heterocycles. The fourth-order valence-electron chi connectivity index (χ4n) is 2.85. The first kappa shape index (κ1) is 16.9. The van der Waals surface area contributed by atoms with Gasteiger partial charge in [-0.15, -0.1) is 6.58 Å². The van der Waals surface area contributed by atoms with Crippen LogP contribution in [0.2, 0.25) is 10.0 Å². The SMILES string of the molecule is C=CCn1c(C)c(C)c2ccnc(COc3ccc(Cl)c(Cl)c3)c21. The second-order valence-corrected chi connectivity index (χ2v) is 6.44. The van der Waals surface area contributed by atoms with E-state index in [1.807, 2.05) is 18.3 Å². The lowest BCUT2D eigenvalue weighted by atomic mass is 10.2. The summed E-state index contributed by atoms with van der Waals surface area (Å²) in [5.74, 6) is 0.665. The Hall–Kier alpha value is -1.97. The molecule has 0 saturated carbocycles. The standard InChI is InChI=1S/C19H18Cl2N2O/c1-4-9-23-13(3)12(2)15-7-8-22-18(19(15)23)11-24-14-5-6-16(20)17(21)10-14/h4-8,10H,1,9,11H2,2-3H3. The average molecular weight is 361 g/mol. The molecule has 0 aliphatic carbocycles. The van der Waals surface area contributed by atoms with Crippen molar-refractivity contribution in [2.75, 3.05) is 0 Å². The molecule has 5 heteroatoms. The maximum Gasteiger partial charge on any atom is 0.132 e. The van der Waals surface area contributed by atoms with Gasteiger partial charge in [0.1, 0.15) is 18.1 Å². The van der Waals surface area contributed by atoms with E-state index in [9.17, 15) is 0 Å². The van der Waals surface area contributed by atoms with Crippen molar-refractivity contribution in [3.05, 3.63) is 70.1 Å². The van der Waals surface area contributed by atoms with Gasteiger partial charge in [-0.3, -0.25) is 4.98 Å². The van der Waals surface area contributed by atoms with Gasteiger partial charge in [0.05, 0.1) is 15.6 Å². The third-order valence-corrected chi connectivity index (χ3v) is 4.94. The average Bonchev–Trinajstić information content (AvgIpc) is 2.82. The molecule has 0 spiro atoms. The molecule has 0 saturated heterocycles. The Kier molecular flexibility index (Phi) is 4.83. The Labute approximate surface area is 151 Å². The smallest absolute Gasteiger partial charge is 0.132 e. The van der Waals surface area contributed by atoms with Crippen molar-refractivity contribution in [3.8, 4) is 5.75 Å². The zero-order valence-electron chi connectivity index (χ0n) is 13.6. The van der Waals surface area contributed by atoms with E-state index < -0.39 is 0 Å². The van der Waals surface area contributed by atoms with E-state index >= 15 is 0 Å². The molecule has 0 N–H and O–H groups in total. The number of pyridine rings is 1. The number of benzene rings is 1. The lowest BCUT2D eigenvalue weighted by molar-refractivity contribution is 0.302. The van der Waals surface area contributed by atoms with Gasteiger partial charge in [-0.05, 0) is 37.6 Å². The highest BCUT2D eigenvalue weighted by atomic mass is 35.5. The normalized spacial score (nSPS) is 11.0. The van der Waals surface area contributed by atoms with Crippen LogP contribution in [0.4, 0.5) is 0 Å². The van der Waals surface area contributed by atoms with Crippen LogP contribution >= 0.6 is 23.2 Å². The quantitative estimate of drug-likeness (QED) is 0.543. The molecule has 24 heavy (non-hydrogen) atoms. The summed E-state index contributed by atoms with van der Waals surface area (Å²) in [6.07, 6.45) is 3.71. The van der Waals surface area contributed by atoms with E-state index in [0.29, 0.717) is 22.4 Å². The molecular weight excluding hydrogens is 343 g/mol. The molecule has 1 aromatic carbocycles. The van der Waals surface area contributed by atoms with Gasteiger partial charge < -0.3 is 9.30 Å². The van der Waals surface area contributed by atoms with E-state index in [4.69, 9.17) is 27.9 Å². The Morgan fingerprint density at radius 3 is 2.71 bits per heavy atom. The largest absolute Gasteiger partial charge is 0.487 e. The number of fused-ring (bicyclic) bond motifs is 1. The van der Waals surface area contributed by atoms with E-state index in [-0.39, 0.29) is 0 Å². The minimum Gasteiger partial charge on any atom is -0.487 e. The molecule has 124 valence electrons. The van der Waals surface area contributed by atoms with Gasteiger partial charge in [-0.1, -0.05) is 29.3 Å². The second-order valence-electron chi connectivity index (χ2n) is 5.63. The summed E-state index contributed by atoms with van der Waals surface area (Å²) < 4.78 is 8.09. The van der Waals surface area contributed by atoms with Gasteiger partial charge in [-0.25, -0.2) is 0 Å². The first-order valence-electron chi connectivity index (χ1n) is 7.65. The first-order valence-corrected chi connectivity index (χ1v) is 8.40. The van der Waals surface area contributed by atoms with Crippen LogP contribution in [-0.2, 0) is 13.2 Å². The Morgan fingerprint density at radius 2 is 2.00 bits per heavy atom. The highest BCUT2D eigenvalue weighted by molar-refractivity contribution is 6.42. The molecule has 3 aromatic rings. The number of rotatable bonds is 5. The Bertz CT molecular complexity index is 915. The van der Waals surface area contributed by atoms with Crippen molar-refractivity contribution in [2.45, 2.75) is 27.0 Å². The number of halogens is 2. The summed E-state index contributed by atoms with van der Waals surface area (Å²) >= 11 is 12.0. The summed E-state index contributed by atoms with van der Waals surface area (Å²) in [5, 5.41) is 2.18. The minimum absolute atomic E-state index is 0.356. The fourth-order valence-corrected chi connectivity index (χ4v) is 3.14. The maximum atomic E-state index is 6.04. The van der Waals surface area contributed by atoms with Crippen LogP contribution in [0.1, 0.15) is 17.0 Å². The predicted octanol–water partition coefficient (Wildman–Crippen LogP) is 5.72. The van der Waals surface area contributed by atoms with E-state index in [1.165, 1.54) is 16.6 Å². The van der Waals surface area contributed by atoms with Crippen molar-refractivity contribution in [1.29, 1.82) is 0 Å². The van der Waals surface area contributed by atoms with E-state index in [0.717, 1.165) is 17.8 Å². The van der Waals surface area contributed by atoms with Gasteiger partial charge >= 0.3 is 0 Å². The van der Waals surface area contributed by atoms with Crippen molar-refractivity contribution < 1.29 is 4.74 Å². The van der Waals surface area contributed by atoms with Crippen LogP contribution in [0, 0.1) is 13.8 Å². The van der Waals surface area contributed by atoms with Crippen LogP contribution < -0.4 is 4.74 Å². The van der Waals surface area contributed by atoms with Crippen LogP contribution in [0.15, 0.2) is 43.1 Å². The van der Waals surface area contributed by atoms with Crippen molar-refractivity contribution in [3.63, 3.8) is 0 Å². The third-order valence-electron chi connectivity index (χ3n) is 4.20. The van der Waals surface area contributed by atoms with Crippen LogP contribution in [0.5, 0.6) is 5.75 Å². The highest BCUT2D eigenvalue weighted by Gasteiger charge is 2.15. The zero-order chi connectivity index (χ0) is 17.3. The Morgan fingerprint density at radius 1 is 1.21 bits per heavy atom. The summed E-state index contributed by atoms with van der Waals surface area (Å²) in [5.41, 5.74) is 4.45. The third kappa shape index (κ3) is 3.02. The molecule has 0 aliphatic heterocycles. The molecule has 0 fully saturated rings. The monoisotopic (exact) mass is 360 g/mol. The number of aryl methyl sites for hydroxylation is 1. The van der Waals surface area contributed by atoms with Gasteiger partial charge in [0.15, 0.2) is 0 Å². The minimum atomic E-state index is 0.356. The van der Waals surface area contributed by atoms with E-state index in [1.54, 1.807) is 18.2 Å². The molecule has 0 radical (unpaired) electrons. The number of ether oxygens (including phenoxy) is 1. The molecule has 2 heterocycles. The molecule has 3 rings (SSSR count). The first-order chi connectivity index (χ1) is 11.5. The molecule has 0 aliphatic rings. The van der Waals surface area contributed by atoms with Gasteiger partial charge in [0.25, 0.3) is 0 Å². The van der Waals surface area contributed by atoms with Crippen LogP contribution in [0.25, 0.3) is 10.9 Å². The number of hydrogen-bond donors (Lipinski definition) is 0. The van der Waals surface area contributed by atoms with E-state index in [2.05, 4.69) is 30.0 Å². The zero-order valence-corrected chi connectivity index (χ0v) is 15.2. The lowest BCUT2D eigenvalue weighted by Gasteiger charge is -2.11. The molecule has 0 bridgehead atoms. The second kappa shape index (κ2) is 6.88. The fraction of sp³-hybridized carbons (Fsp3) is 0.211. The summed E-state index contributed by atoms with van der Waals surface area (Å²) in [6.45, 7) is 9.19. The van der Waals surface area contributed by atoms with Crippen LogP contribution in [0.3, 0.4) is 0 Å². The van der Waals surface area contributed by atoms with Gasteiger partial charge in [0, 0.05) is 29.9 Å². The lowest BCUT2D eigenvalue weighted by Crippen LogP contribution is -2.04. The number of nitrogens with zero attached hydrogens (tertiary/aromatic N) is 2. The Balaban J connectivity index is 1.98. The number of aromatic nitrogens is 2. The summed E-state index contributed by atoms with van der Waals surface area (Å²) in [7, 11) is 0. The van der Waals surface area contributed by atoms with Crippen molar-refractivity contribution in [1.82, 2.24) is 9.55 Å². The summed E-state index contributed by atoms with van der Waals surface area (Å²) in [4.78, 5) is 4.52. The van der Waals surface area contributed by atoms with Gasteiger partial charge in [-0.2, -0.15) is 0 Å². The number of allylic oxidation sites excluding steroid dienone is 1. The number of hydrogen-bond acceptors (Lipinski definition) is 2. The molecule has 0 unspecified atom stereocenters. The molecule has 0 atom stereocenters. The molecule has 3 nitrogen and oxygen atoms in total. The predicted molar refractivity (Wildman–Crippen MR) is 100 cm³/mol. The van der Waals surface area contributed by atoms with Crippen molar-refractivity contribution >= 4 is 34.1 Å². The van der Waals surface area contributed by atoms with Crippen molar-refractivity contribution in [2.24, 2.45) is 0 Å². The molecule has 0 amide bonds. The maximum absolute atomic E-state index is 6.04. The summed E-state index contributed by atoms with van der Waals surface area (Å²) in [6, 6.07) is 7.28. The highest BCUT2D eigenvalue weighted by Crippen LogP contribution is 2.29. The molecular formula is C19H18Cl2N2O. The van der Waals surface area contributed by atoms with Crippen LogP contribution in [-0.4, -0.2) is 9.55 Å². The topological polar surface area (TPSA) is 27.1 Å². The van der Waals surface area contributed by atoms with Gasteiger partial charge in [0.2, 0.25) is 0 Å².